The van der Waals surface area contributed by atoms with Gasteiger partial charge in [-0.1, -0.05) is 31.5 Å². The zero-order valence-electron chi connectivity index (χ0n) is 10.8. The topological polar surface area (TPSA) is 12.0 Å². The van der Waals surface area contributed by atoms with Crippen LogP contribution in [0.2, 0.25) is 0 Å². The molecule has 1 N–H and O–H groups in total. The van der Waals surface area contributed by atoms with Crippen molar-refractivity contribution in [1.29, 1.82) is 0 Å². The summed E-state index contributed by atoms with van der Waals surface area (Å²) in [5.74, 6) is 0. The monoisotopic (exact) mass is 217 g/mol. The molecule has 88 valence electrons. The van der Waals surface area contributed by atoms with E-state index in [2.05, 4.69) is 44.3 Å². The van der Waals surface area contributed by atoms with Crippen LogP contribution in [-0.2, 0) is 5.54 Å². The van der Waals surface area contributed by atoms with E-state index in [1.165, 1.54) is 48.9 Å². The Morgan fingerprint density at radius 2 is 2.12 bits per heavy atom. The molecule has 1 aliphatic heterocycles. The molecule has 1 unspecified atom stereocenters. The molecule has 1 aromatic rings. The zero-order valence-corrected chi connectivity index (χ0v) is 10.8. The van der Waals surface area contributed by atoms with Crippen LogP contribution in [0, 0.1) is 13.8 Å². The molecular formula is C15H23N. The molecule has 1 aliphatic rings. The van der Waals surface area contributed by atoms with E-state index in [1.807, 2.05) is 0 Å². The van der Waals surface area contributed by atoms with Gasteiger partial charge >= 0.3 is 0 Å². The molecule has 2 rings (SSSR count). The fourth-order valence-corrected chi connectivity index (χ4v) is 3.08. The number of hydrogen-bond donors (Lipinski definition) is 1. The Kier molecular flexibility index (Phi) is 3.34. The number of benzene rings is 1. The van der Waals surface area contributed by atoms with Crippen LogP contribution in [-0.4, -0.2) is 6.54 Å². The summed E-state index contributed by atoms with van der Waals surface area (Å²) in [5.41, 5.74) is 4.70. The quantitative estimate of drug-likeness (QED) is 0.814. The summed E-state index contributed by atoms with van der Waals surface area (Å²) in [4.78, 5) is 0. The average molecular weight is 217 g/mol. The Hall–Kier alpha value is -0.820. The molecule has 1 nitrogen and oxygen atoms in total. The first kappa shape index (κ1) is 11.7. The van der Waals surface area contributed by atoms with Crippen molar-refractivity contribution in [2.45, 2.75) is 52.0 Å². The highest BCUT2D eigenvalue weighted by Crippen LogP contribution is 2.37. The molecule has 0 amide bonds. The van der Waals surface area contributed by atoms with E-state index in [1.54, 1.807) is 0 Å². The van der Waals surface area contributed by atoms with Gasteiger partial charge in [-0.2, -0.15) is 0 Å². The molecule has 0 spiro atoms. The van der Waals surface area contributed by atoms with E-state index in [4.69, 9.17) is 0 Å². The van der Waals surface area contributed by atoms with E-state index in [9.17, 15) is 0 Å². The lowest BCUT2D eigenvalue weighted by molar-refractivity contribution is 0.354. The zero-order chi connectivity index (χ0) is 11.6. The number of nitrogens with one attached hydrogen (secondary N) is 1. The van der Waals surface area contributed by atoms with Crippen LogP contribution >= 0.6 is 0 Å². The second-order valence-electron chi connectivity index (χ2n) is 5.11. The van der Waals surface area contributed by atoms with Crippen molar-refractivity contribution >= 4 is 0 Å². The van der Waals surface area contributed by atoms with Crippen LogP contribution in [0.5, 0.6) is 0 Å². The molecular weight excluding hydrogens is 194 g/mol. The summed E-state index contributed by atoms with van der Waals surface area (Å²) in [6.45, 7) is 7.94. The molecule has 0 aromatic heterocycles. The highest BCUT2D eigenvalue weighted by molar-refractivity contribution is 5.38. The van der Waals surface area contributed by atoms with Gasteiger partial charge in [0.2, 0.25) is 0 Å². The van der Waals surface area contributed by atoms with Crippen molar-refractivity contribution in [3.8, 4) is 0 Å². The molecule has 1 fully saturated rings. The van der Waals surface area contributed by atoms with Gasteiger partial charge in [0, 0.05) is 5.54 Å². The Labute approximate surface area is 99.3 Å². The third-order valence-electron chi connectivity index (χ3n) is 4.04. The highest BCUT2D eigenvalue weighted by Gasteiger charge is 2.35. The molecule has 1 atom stereocenters. The standard InChI is InChI=1S/C15H23N/c1-4-9-15(10-6-11-16-15)14-8-5-7-12(2)13(14)3/h5,7-8,16H,4,6,9-11H2,1-3H3. The Balaban J connectivity index is 2.42. The van der Waals surface area contributed by atoms with Crippen molar-refractivity contribution in [3.05, 3.63) is 34.9 Å². The van der Waals surface area contributed by atoms with Crippen LogP contribution < -0.4 is 5.32 Å². The Bertz CT molecular complexity index is 362. The minimum Gasteiger partial charge on any atom is -0.307 e. The van der Waals surface area contributed by atoms with Gasteiger partial charge in [0.05, 0.1) is 0 Å². The van der Waals surface area contributed by atoms with Gasteiger partial charge in [0.1, 0.15) is 0 Å². The van der Waals surface area contributed by atoms with Gasteiger partial charge in [0.25, 0.3) is 0 Å². The number of aryl methyl sites for hydroxylation is 1. The van der Waals surface area contributed by atoms with Crippen LogP contribution in [0.25, 0.3) is 0 Å². The molecule has 0 radical (unpaired) electrons. The Morgan fingerprint density at radius 3 is 2.75 bits per heavy atom. The van der Waals surface area contributed by atoms with Crippen molar-refractivity contribution < 1.29 is 0 Å². The van der Waals surface area contributed by atoms with E-state index in [0.29, 0.717) is 0 Å². The second-order valence-corrected chi connectivity index (χ2v) is 5.11. The number of rotatable bonds is 3. The van der Waals surface area contributed by atoms with E-state index in [0.717, 1.165) is 0 Å². The summed E-state index contributed by atoms with van der Waals surface area (Å²) < 4.78 is 0. The third kappa shape index (κ3) is 1.89. The maximum absolute atomic E-state index is 3.76. The van der Waals surface area contributed by atoms with Gasteiger partial charge in [-0.05, 0) is 56.3 Å². The van der Waals surface area contributed by atoms with Crippen LogP contribution in [0.15, 0.2) is 18.2 Å². The number of hydrogen-bond acceptors (Lipinski definition) is 1. The normalized spacial score (nSPS) is 24.9. The molecule has 16 heavy (non-hydrogen) atoms. The van der Waals surface area contributed by atoms with Gasteiger partial charge in [0.15, 0.2) is 0 Å². The minimum absolute atomic E-state index is 0.269. The fourth-order valence-electron chi connectivity index (χ4n) is 3.08. The molecule has 1 aromatic carbocycles. The molecule has 0 aliphatic carbocycles. The highest BCUT2D eigenvalue weighted by atomic mass is 15.0. The molecule has 0 saturated carbocycles. The first-order chi connectivity index (χ1) is 7.69. The summed E-state index contributed by atoms with van der Waals surface area (Å²) >= 11 is 0. The predicted molar refractivity (Wildman–Crippen MR) is 69.7 cm³/mol. The molecule has 1 heterocycles. The van der Waals surface area contributed by atoms with Crippen molar-refractivity contribution in [2.75, 3.05) is 6.54 Å². The van der Waals surface area contributed by atoms with Gasteiger partial charge in [-0.3, -0.25) is 0 Å². The lowest BCUT2D eigenvalue weighted by atomic mass is 9.81. The van der Waals surface area contributed by atoms with Gasteiger partial charge < -0.3 is 5.32 Å². The largest absolute Gasteiger partial charge is 0.307 e. The lowest BCUT2D eigenvalue weighted by Gasteiger charge is -2.32. The summed E-state index contributed by atoms with van der Waals surface area (Å²) in [6.07, 6.45) is 5.12. The summed E-state index contributed by atoms with van der Waals surface area (Å²) in [7, 11) is 0. The fraction of sp³-hybridized carbons (Fsp3) is 0.600. The molecule has 1 saturated heterocycles. The smallest absolute Gasteiger partial charge is 0.0437 e. The van der Waals surface area contributed by atoms with E-state index >= 15 is 0 Å². The Morgan fingerprint density at radius 1 is 1.31 bits per heavy atom. The van der Waals surface area contributed by atoms with Gasteiger partial charge in [-0.15, -0.1) is 0 Å². The SMILES string of the molecule is CCCC1(c2cccc(C)c2C)CCCN1. The lowest BCUT2D eigenvalue weighted by Crippen LogP contribution is -2.37. The van der Waals surface area contributed by atoms with Crippen LogP contribution in [0.3, 0.4) is 0 Å². The predicted octanol–water partition coefficient (Wildman–Crippen LogP) is 3.68. The van der Waals surface area contributed by atoms with Crippen molar-refractivity contribution in [2.24, 2.45) is 0 Å². The van der Waals surface area contributed by atoms with Gasteiger partial charge in [-0.25, -0.2) is 0 Å². The first-order valence-corrected chi connectivity index (χ1v) is 6.51. The maximum Gasteiger partial charge on any atom is 0.0437 e. The van der Waals surface area contributed by atoms with Crippen molar-refractivity contribution in [1.82, 2.24) is 5.32 Å². The van der Waals surface area contributed by atoms with E-state index < -0.39 is 0 Å². The maximum atomic E-state index is 3.76. The average Bonchev–Trinajstić information content (AvgIpc) is 2.72. The van der Waals surface area contributed by atoms with Crippen LogP contribution in [0.4, 0.5) is 0 Å². The summed E-state index contributed by atoms with van der Waals surface area (Å²) in [5, 5.41) is 3.76. The van der Waals surface area contributed by atoms with E-state index in [-0.39, 0.29) is 5.54 Å². The van der Waals surface area contributed by atoms with Crippen molar-refractivity contribution in [3.63, 3.8) is 0 Å². The second kappa shape index (κ2) is 4.58. The third-order valence-corrected chi connectivity index (χ3v) is 4.04. The molecule has 0 bridgehead atoms. The van der Waals surface area contributed by atoms with Crippen LogP contribution in [0.1, 0.15) is 49.3 Å². The summed E-state index contributed by atoms with van der Waals surface area (Å²) in [6, 6.07) is 6.73. The minimum atomic E-state index is 0.269. The molecule has 1 heteroatoms. The first-order valence-electron chi connectivity index (χ1n) is 6.51.